The zero-order valence-corrected chi connectivity index (χ0v) is 17.9. The number of carbonyl (C=O) groups is 1. The lowest BCUT2D eigenvalue weighted by Crippen LogP contribution is -2.09. The first-order valence-electron chi connectivity index (χ1n) is 9.39. The maximum atomic E-state index is 13.6. The summed E-state index contributed by atoms with van der Waals surface area (Å²) in [6.45, 7) is 1.94. The van der Waals surface area contributed by atoms with Crippen molar-refractivity contribution in [3.8, 4) is 11.6 Å². The maximum absolute atomic E-state index is 13.6. The summed E-state index contributed by atoms with van der Waals surface area (Å²) in [5.41, 5.74) is 1.11. The van der Waals surface area contributed by atoms with Gasteiger partial charge in [-0.25, -0.2) is 19.2 Å². The molecular weight excluding hydrogens is 465 g/mol. The minimum Gasteiger partial charge on any atom is -0.478 e. The Morgan fingerprint density at radius 3 is 2.65 bits per heavy atom. The molecule has 0 spiro atoms. The predicted octanol–water partition coefficient (Wildman–Crippen LogP) is 6.20. The summed E-state index contributed by atoms with van der Waals surface area (Å²) in [5, 5.41) is 13.9. The first kappa shape index (κ1) is 20.7. The standard InChI is InChI=1S/C23H17BrFN3O3/c1-13(14-5-7-15(8-6-14)23(29)30)28-21-20-18(19(24)12-27-21)9-10-26-22(20)31-17-4-2-3-16(25)11-17/h2-13H,1H3,(H,27,28)(H,29,30)/t13-/m0/s1. The highest BCUT2D eigenvalue weighted by Crippen LogP contribution is 2.37. The average Bonchev–Trinajstić information content (AvgIpc) is 2.76. The summed E-state index contributed by atoms with van der Waals surface area (Å²) in [6.07, 6.45) is 3.29. The smallest absolute Gasteiger partial charge is 0.335 e. The van der Waals surface area contributed by atoms with Crippen molar-refractivity contribution < 1.29 is 19.0 Å². The van der Waals surface area contributed by atoms with Gasteiger partial charge in [0.05, 0.1) is 10.9 Å². The van der Waals surface area contributed by atoms with E-state index in [9.17, 15) is 9.18 Å². The lowest BCUT2D eigenvalue weighted by atomic mass is 10.1. The highest BCUT2D eigenvalue weighted by atomic mass is 79.9. The molecule has 8 heteroatoms. The molecule has 31 heavy (non-hydrogen) atoms. The number of aromatic nitrogens is 2. The third-order valence-electron chi connectivity index (χ3n) is 4.74. The van der Waals surface area contributed by atoms with E-state index in [1.807, 2.05) is 13.0 Å². The molecule has 6 nitrogen and oxygen atoms in total. The molecule has 156 valence electrons. The van der Waals surface area contributed by atoms with Crippen molar-refractivity contribution in [3.63, 3.8) is 0 Å². The maximum Gasteiger partial charge on any atom is 0.335 e. The molecule has 0 aliphatic carbocycles. The molecule has 4 rings (SSSR count). The fourth-order valence-electron chi connectivity index (χ4n) is 3.16. The predicted molar refractivity (Wildman–Crippen MR) is 119 cm³/mol. The SMILES string of the molecule is C[C@H](Nc1ncc(Br)c2ccnc(Oc3cccc(F)c3)c12)c1ccc(C(=O)O)cc1. The molecule has 0 aliphatic heterocycles. The van der Waals surface area contributed by atoms with Gasteiger partial charge < -0.3 is 15.2 Å². The van der Waals surface area contributed by atoms with Crippen molar-refractivity contribution in [2.24, 2.45) is 0 Å². The number of hydrogen-bond acceptors (Lipinski definition) is 5. The van der Waals surface area contributed by atoms with Crippen molar-refractivity contribution >= 4 is 38.5 Å². The van der Waals surface area contributed by atoms with Crippen molar-refractivity contribution in [1.29, 1.82) is 0 Å². The number of fused-ring (bicyclic) bond motifs is 1. The van der Waals surface area contributed by atoms with Crippen LogP contribution in [0.4, 0.5) is 10.2 Å². The average molecular weight is 482 g/mol. The Kier molecular flexibility index (Phi) is 5.81. The first-order chi connectivity index (χ1) is 14.9. The number of nitrogens with one attached hydrogen (secondary N) is 1. The Morgan fingerprint density at radius 2 is 1.94 bits per heavy atom. The highest BCUT2D eigenvalue weighted by Gasteiger charge is 2.16. The molecule has 0 bridgehead atoms. The summed E-state index contributed by atoms with van der Waals surface area (Å²) in [4.78, 5) is 19.9. The Morgan fingerprint density at radius 1 is 1.16 bits per heavy atom. The number of ether oxygens (including phenoxy) is 1. The molecule has 2 heterocycles. The molecule has 0 aliphatic rings. The van der Waals surface area contributed by atoms with Crippen LogP contribution in [-0.4, -0.2) is 21.0 Å². The number of pyridine rings is 2. The van der Waals surface area contributed by atoms with E-state index in [0.29, 0.717) is 17.0 Å². The molecule has 2 aromatic heterocycles. The quantitative estimate of drug-likeness (QED) is 0.341. The molecule has 0 radical (unpaired) electrons. The fraction of sp³-hybridized carbons (Fsp3) is 0.0870. The lowest BCUT2D eigenvalue weighted by Gasteiger charge is -2.18. The molecular formula is C23H17BrFN3O3. The van der Waals surface area contributed by atoms with Crippen molar-refractivity contribution in [2.45, 2.75) is 13.0 Å². The Bertz CT molecular complexity index is 1260. The van der Waals surface area contributed by atoms with Crippen LogP contribution in [0.2, 0.25) is 0 Å². The third-order valence-corrected chi connectivity index (χ3v) is 5.37. The van der Waals surface area contributed by atoms with Crippen molar-refractivity contribution in [3.05, 3.63) is 88.4 Å². The van der Waals surface area contributed by atoms with E-state index in [-0.39, 0.29) is 17.5 Å². The van der Waals surface area contributed by atoms with E-state index < -0.39 is 11.8 Å². The van der Waals surface area contributed by atoms with Crippen LogP contribution in [0, 0.1) is 5.82 Å². The van der Waals surface area contributed by atoms with E-state index in [2.05, 4.69) is 31.2 Å². The number of anilines is 1. The second-order valence-corrected chi connectivity index (χ2v) is 7.70. The Labute approximate surface area is 185 Å². The second-order valence-electron chi connectivity index (χ2n) is 6.85. The number of hydrogen-bond donors (Lipinski definition) is 2. The van der Waals surface area contributed by atoms with Crippen LogP contribution in [0.5, 0.6) is 11.6 Å². The number of halogens is 2. The van der Waals surface area contributed by atoms with Gasteiger partial charge in [-0.15, -0.1) is 0 Å². The minimum atomic E-state index is -0.974. The highest BCUT2D eigenvalue weighted by molar-refractivity contribution is 9.10. The van der Waals surface area contributed by atoms with E-state index in [1.165, 1.54) is 12.1 Å². The molecule has 1 atom stereocenters. The van der Waals surface area contributed by atoms with Gasteiger partial charge in [-0.3, -0.25) is 0 Å². The number of rotatable bonds is 6. The van der Waals surface area contributed by atoms with Gasteiger partial charge >= 0.3 is 5.97 Å². The number of carboxylic acid groups (broad SMARTS) is 1. The molecule has 0 unspecified atom stereocenters. The van der Waals surface area contributed by atoms with Crippen LogP contribution in [0.15, 0.2) is 71.5 Å². The first-order valence-corrected chi connectivity index (χ1v) is 10.2. The van der Waals surface area contributed by atoms with Gasteiger partial charge in [0.15, 0.2) is 0 Å². The zero-order valence-electron chi connectivity index (χ0n) is 16.3. The number of benzene rings is 2. The van der Waals surface area contributed by atoms with E-state index in [4.69, 9.17) is 9.84 Å². The van der Waals surface area contributed by atoms with Gasteiger partial charge in [-0.05, 0) is 58.7 Å². The number of aromatic carboxylic acids is 1. The van der Waals surface area contributed by atoms with Gasteiger partial charge in [-0.1, -0.05) is 18.2 Å². The summed E-state index contributed by atoms with van der Waals surface area (Å²) in [5.74, 6) is -0.240. The minimum absolute atomic E-state index is 0.179. The molecule has 2 aromatic carbocycles. The van der Waals surface area contributed by atoms with E-state index in [1.54, 1.807) is 48.8 Å². The van der Waals surface area contributed by atoms with Crippen LogP contribution in [0.1, 0.15) is 28.9 Å². The van der Waals surface area contributed by atoms with Gasteiger partial charge in [0.25, 0.3) is 0 Å². The third kappa shape index (κ3) is 4.49. The Balaban J connectivity index is 1.71. The molecule has 0 fully saturated rings. The molecule has 2 N–H and O–H groups in total. The van der Waals surface area contributed by atoms with Crippen molar-refractivity contribution in [2.75, 3.05) is 5.32 Å². The van der Waals surface area contributed by atoms with Gasteiger partial charge in [0.1, 0.15) is 17.4 Å². The molecule has 0 amide bonds. The van der Waals surface area contributed by atoms with Gasteiger partial charge in [0.2, 0.25) is 5.88 Å². The van der Waals surface area contributed by atoms with Gasteiger partial charge in [0, 0.05) is 34.4 Å². The van der Waals surface area contributed by atoms with Gasteiger partial charge in [-0.2, -0.15) is 0 Å². The van der Waals surface area contributed by atoms with E-state index >= 15 is 0 Å². The van der Waals surface area contributed by atoms with Crippen molar-refractivity contribution in [1.82, 2.24) is 9.97 Å². The van der Waals surface area contributed by atoms with Crippen LogP contribution >= 0.6 is 15.9 Å². The summed E-state index contributed by atoms with van der Waals surface area (Å²) < 4.78 is 20.2. The molecule has 0 saturated carbocycles. The number of nitrogens with zero attached hydrogens (tertiary/aromatic N) is 2. The molecule has 4 aromatic rings. The lowest BCUT2D eigenvalue weighted by molar-refractivity contribution is 0.0697. The summed E-state index contributed by atoms with van der Waals surface area (Å²) in [6, 6.07) is 14.1. The number of carboxylic acids is 1. The fourth-order valence-corrected chi connectivity index (χ4v) is 3.59. The van der Waals surface area contributed by atoms with Crippen LogP contribution in [0.25, 0.3) is 10.8 Å². The summed E-state index contributed by atoms with van der Waals surface area (Å²) in [7, 11) is 0. The largest absolute Gasteiger partial charge is 0.478 e. The van der Waals surface area contributed by atoms with Crippen LogP contribution in [0.3, 0.4) is 0 Å². The normalized spacial score (nSPS) is 11.8. The Hall–Kier alpha value is -3.52. The van der Waals surface area contributed by atoms with Crippen LogP contribution in [-0.2, 0) is 0 Å². The second kappa shape index (κ2) is 8.69. The molecule has 0 saturated heterocycles. The van der Waals surface area contributed by atoms with Crippen LogP contribution < -0.4 is 10.1 Å². The monoisotopic (exact) mass is 481 g/mol. The summed E-state index contributed by atoms with van der Waals surface area (Å²) >= 11 is 3.51. The zero-order chi connectivity index (χ0) is 22.0. The van der Waals surface area contributed by atoms with E-state index in [0.717, 1.165) is 15.4 Å². The topological polar surface area (TPSA) is 84.3 Å².